The molecule has 2 N–H and O–H groups in total. The number of furan rings is 1. The number of hydrogen-bond acceptors (Lipinski definition) is 4. The van der Waals surface area contributed by atoms with E-state index >= 15 is 0 Å². The van der Waals surface area contributed by atoms with Crippen LogP contribution in [0.5, 0.6) is 0 Å². The van der Waals surface area contributed by atoms with Crippen molar-refractivity contribution in [3.8, 4) is 0 Å². The zero-order valence-electron chi connectivity index (χ0n) is 10.2. The van der Waals surface area contributed by atoms with Crippen molar-refractivity contribution in [3.63, 3.8) is 0 Å². The second-order valence-corrected chi connectivity index (χ2v) is 6.08. The highest BCUT2D eigenvalue weighted by Gasteiger charge is 2.43. The third kappa shape index (κ3) is 3.14. The molecule has 1 aromatic heterocycles. The first-order chi connectivity index (χ1) is 9.21. The summed E-state index contributed by atoms with van der Waals surface area (Å²) in [4.78, 5) is 10.8. The van der Waals surface area contributed by atoms with E-state index in [4.69, 9.17) is 9.52 Å². The van der Waals surface area contributed by atoms with Gasteiger partial charge in [-0.05, 0) is 6.07 Å². The minimum Gasteiger partial charge on any atom is -0.478 e. The normalized spacial score (nSPS) is 19.3. The number of nitrogens with one attached hydrogen (secondary N) is 1. The van der Waals surface area contributed by atoms with E-state index in [-0.39, 0.29) is 17.9 Å². The highest BCUT2D eigenvalue weighted by molar-refractivity contribution is 7.87. The fourth-order valence-corrected chi connectivity index (χ4v) is 3.01. The van der Waals surface area contributed by atoms with Gasteiger partial charge in [-0.2, -0.15) is 17.4 Å². The molecule has 0 saturated carbocycles. The quantitative estimate of drug-likeness (QED) is 0.832. The molecule has 10 heteroatoms. The number of carboxylic acids is 1. The molecule has 0 atom stereocenters. The monoisotopic (exact) mass is 310 g/mol. The van der Waals surface area contributed by atoms with Crippen LogP contribution in [0.4, 0.5) is 8.78 Å². The maximum atomic E-state index is 13.0. The van der Waals surface area contributed by atoms with Crippen LogP contribution in [-0.4, -0.2) is 42.8 Å². The number of hydrogen-bond donors (Lipinski definition) is 2. The molecule has 7 nitrogen and oxygen atoms in total. The van der Waals surface area contributed by atoms with Gasteiger partial charge in [0.25, 0.3) is 16.1 Å². The average molecular weight is 310 g/mol. The van der Waals surface area contributed by atoms with E-state index in [1.54, 1.807) is 0 Å². The molecule has 0 aromatic carbocycles. The third-order valence-corrected chi connectivity index (χ3v) is 4.37. The van der Waals surface area contributed by atoms with Gasteiger partial charge in [0.15, 0.2) is 0 Å². The molecule has 0 amide bonds. The number of rotatable bonds is 5. The minimum absolute atomic E-state index is 0.0907. The van der Waals surface area contributed by atoms with Crippen molar-refractivity contribution in [1.29, 1.82) is 0 Å². The van der Waals surface area contributed by atoms with Crippen molar-refractivity contribution in [3.05, 3.63) is 23.7 Å². The molecule has 0 radical (unpaired) electrons. The molecule has 1 fully saturated rings. The van der Waals surface area contributed by atoms with Crippen LogP contribution < -0.4 is 4.72 Å². The molecule has 112 valence electrons. The standard InChI is InChI=1S/C10H12F2N2O5S/c11-10(12)2-3-14(6-10)20(17,18)13-5-8-7(9(15)16)1-4-19-8/h1,4,13H,2-3,5-6H2,(H,15,16). The lowest BCUT2D eigenvalue weighted by Gasteiger charge is -2.16. The van der Waals surface area contributed by atoms with Crippen LogP contribution in [0, 0.1) is 0 Å². The second-order valence-electron chi connectivity index (χ2n) is 4.33. The number of alkyl halides is 2. The number of nitrogens with zero attached hydrogens (tertiary/aromatic N) is 1. The van der Waals surface area contributed by atoms with Gasteiger partial charge in [0.1, 0.15) is 11.3 Å². The lowest BCUT2D eigenvalue weighted by Crippen LogP contribution is -2.40. The van der Waals surface area contributed by atoms with E-state index < -0.39 is 41.6 Å². The van der Waals surface area contributed by atoms with E-state index in [0.717, 1.165) is 6.26 Å². The fraction of sp³-hybridized carbons (Fsp3) is 0.500. The summed E-state index contributed by atoms with van der Waals surface area (Å²) < 4.78 is 57.1. The Hall–Kier alpha value is -1.52. The van der Waals surface area contributed by atoms with Gasteiger partial charge in [-0.25, -0.2) is 13.6 Å². The fourth-order valence-electron chi connectivity index (χ4n) is 1.83. The Labute approximate surface area is 113 Å². The molecule has 1 aliphatic heterocycles. The van der Waals surface area contributed by atoms with E-state index in [1.807, 2.05) is 4.72 Å². The van der Waals surface area contributed by atoms with Gasteiger partial charge in [0.05, 0.1) is 19.4 Å². The lowest BCUT2D eigenvalue weighted by atomic mass is 10.2. The molecule has 20 heavy (non-hydrogen) atoms. The molecule has 0 bridgehead atoms. The van der Waals surface area contributed by atoms with Crippen LogP contribution in [0.3, 0.4) is 0 Å². The molecule has 0 aliphatic carbocycles. The molecule has 2 heterocycles. The summed E-state index contributed by atoms with van der Waals surface area (Å²) in [6, 6.07) is 1.18. The van der Waals surface area contributed by atoms with Gasteiger partial charge in [-0.1, -0.05) is 0 Å². The predicted octanol–water partition coefficient (Wildman–Crippen LogP) is 0.653. The summed E-state index contributed by atoms with van der Waals surface area (Å²) in [6.07, 6.45) is 0.576. The second kappa shape index (κ2) is 5.11. The van der Waals surface area contributed by atoms with E-state index in [0.29, 0.717) is 4.31 Å². The van der Waals surface area contributed by atoms with Crippen LogP contribution in [-0.2, 0) is 16.8 Å². The Morgan fingerprint density at radius 3 is 2.80 bits per heavy atom. The molecule has 2 rings (SSSR count). The number of carbonyl (C=O) groups is 1. The summed E-state index contributed by atoms with van der Waals surface area (Å²) in [5, 5.41) is 8.82. The van der Waals surface area contributed by atoms with Crippen molar-refractivity contribution in [2.75, 3.05) is 13.1 Å². The Morgan fingerprint density at radius 2 is 2.25 bits per heavy atom. The number of aromatic carboxylic acids is 1. The van der Waals surface area contributed by atoms with Gasteiger partial charge in [0.2, 0.25) is 0 Å². The Kier molecular flexibility index (Phi) is 3.80. The van der Waals surface area contributed by atoms with Crippen molar-refractivity contribution in [2.45, 2.75) is 18.9 Å². The summed E-state index contributed by atoms with van der Waals surface area (Å²) in [7, 11) is -4.10. The lowest BCUT2D eigenvalue weighted by molar-refractivity contribution is 0.0183. The van der Waals surface area contributed by atoms with Gasteiger partial charge in [-0.15, -0.1) is 0 Å². The highest BCUT2D eigenvalue weighted by atomic mass is 32.2. The van der Waals surface area contributed by atoms with Gasteiger partial charge >= 0.3 is 5.97 Å². The van der Waals surface area contributed by atoms with Crippen molar-refractivity contribution in [1.82, 2.24) is 9.03 Å². The summed E-state index contributed by atoms with van der Waals surface area (Å²) in [5.41, 5.74) is -0.181. The first-order valence-corrected chi connectivity index (χ1v) is 7.07. The van der Waals surface area contributed by atoms with Crippen LogP contribution in [0.2, 0.25) is 0 Å². The van der Waals surface area contributed by atoms with Crippen LogP contribution >= 0.6 is 0 Å². The van der Waals surface area contributed by atoms with E-state index in [9.17, 15) is 22.0 Å². The molecule has 0 unspecified atom stereocenters. The predicted molar refractivity (Wildman–Crippen MR) is 62.6 cm³/mol. The first kappa shape index (κ1) is 14.9. The van der Waals surface area contributed by atoms with Gasteiger partial charge in [0, 0.05) is 13.0 Å². The highest BCUT2D eigenvalue weighted by Crippen LogP contribution is 2.28. The molecule has 0 spiro atoms. The molecule has 1 aromatic rings. The third-order valence-electron chi connectivity index (χ3n) is 2.87. The zero-order chi connectivity index (χ0) is 15.0. The molecule has 1 aliphatic rings. The number of carboxylic acid groups (broad SMARTS) is 1. The van der Waals surface area contributed by atoms with Crippen LogP contribution in [0.1, 0.15) is 22.5 Å². The largest absolute Gasteiger partial charge is 0.478 e. The minimum atomic E-state index is -4.10. The van der Waals surface area contributed by atoms with Crippen molar-refractivity contribution in [2.24, 2.45) is 0 Å². The topological polar surface area (TPSA) is 99.8 Å². The van der Waals surface area contributed by atoms with Crippen molar-refractivity contribution >= 4 is 16.2 Å². The molecular formula is C10H12F2N2O5S. The summed E-state index contributed by atoms with van der Waals surface area (Å²) in [6.45, 7) is -1.59. The maximum absolute atomic E-state index is 13.0. The summed E-state index contributed by atoms with van der Waals surface area (Å²) >= 11 is 0. The molecule has 1 saturated heterocycles. The SMILES string of the molecule is O=C(O)c1ccoc1CNS(=O)(=O)N1CCC(F)(F)C1. The van der Waals surface area contributed by atoms with E-state index in [2.05, 4.69) is 0 Å². The Bertz CT molecular complexity index is 613. The van der Waals surface area contributed by atoms with Gasteiger partial charge < -0.3 is 9.52 Å². The average Bonchev–Trinajstić information content (AvgIpc) is 2.92. The van der Waals surface area contributed by atoms with Crippen LogP contribution in [0.15, 0.2) is 16.7 Å². The van der Waals surface area contributed by atoms with E-state index in [1.165, 1.54) is 6.07 Å². The van der Waals surface area contributed by atoms with Crippen molar-refractivity contribution < 1.29 is 31.5 Å². The summed E-state index contributed by atoms with van der Waals surface area (Å²) in [5.74, 6) is -4.39. The first-order valence-electron chi connectivity index (χ1n) is 5.63. The van der Waals surface area contributed by atoms with Gasteiger partial charge in [-0.3, -0.25) is 0 Å². The number of halogens is 2. The molecular weight excluding hydrogens is 298 g/mol. The van der Waals surface area contributed by atoms with Crippen LogP contribution in [0.25, 0.3) is 0 Å². The maximum Gasteiger partial charge on any atom is 0.339 e. The Morgan fingerprint density at radius 1 is 1.55 bits per heavy atom. The smallest absolute Gasteiger partial charge is 0.339 e. The Balaban J connectivity index is 2.03. The zero-order valence-corrected chi connectivity index (χ0v) is 11.0.